The second-order valence-corrected chi connectivity index (χ2v) is 8.08. The largest absolute Gasteiger partial charge is 0.464 e. The molecule has 0 unspecified atom stereocenters. The Bertz CT molecular complexity index is 1160. The molecule has 13 heteroatoms. The summed E-state index contributed by atoms with van der Waals surface area (Å²) in [6.07, 6.45) is -3.58. The van der Waals surface area contributed by atoms with Gasteiger partial charge in [0.1, 0.15) is 12.0 Å². The van der Waals surface area contributed by atoms with Gasteiger partial charge in [-0.15, -0.1) is 10.2 Å². The number of hydrogen-bond donors (Lipinski definition) is 1. The van der Waals surface area contributed by atoms with E-state index in [-0.39, 0.29) is 23.0 Å². The number of amides is 1. The number of thioether (sulfide) groups is 1. The molecule has 162 valence electrons. The minimum Gasteiger partial charge on any atom is -0.464 e. The van der Waals surface area contributed by atoms with Gasteiger partial charge in [0.05, 0.1) is 16.9 Å². The van der Waals surface area contributed by atoms with Crippen LogP contribution >= 0.6 is 23.1 Å². The normalized spacial score (nSPS) is 11.2. The fourth-order valence-electron chi connectivity index (χ4n) is 2.14. The molecule has 3 rings (SSSR count). The number of carbonyl (C=O) groups excluding carboxylic acids is 2. The van der Waals surface area contributed by atoms with Gasteiger partial charge in [-0.05, 0) is 24.3 Å². The minimum atomic E-state index is -4.53. The number of nitrogens with one attached hydrogen (secondary N) is 1. The molecule has 3 aromatic rings. The van der Waals surface area contributed by atoms with E-state index < -0.39 is 28.9 Å². The number of hydrogen-bond acceptors (Lipinski definition) is 9. The van der Waals surface area contributed by atoms with Crippen LogP contribution in [0.3, 0.4) is 0 Å². The monoisotopic (exact) mass is 471 g/mol. The number of halogens is 3. The van der Waals surface area contributed by atoms with E-state index in [1.54, 1.807) is 0 Å². The third-order valence-corrected chi connectivity index (χ3v) is 5.52. The van der Waals surface area contributed by atoms with E-state index in [9.17, 15) is 27.6 Å². The lowest BCUT2D eigenvalue weighted by atomic mass is 10.1. The number of aromatic nitrogens is 2. The van der Waals surface area contributed by atoms with Crippen LogP contribution in [0.25, 0.3) is 0 Å². The standard InChI is InChI=1S/C18H12F3N3O5S2/c1-9(25)22-16-23-24-17(31-16)30-8-12-6-13(26)14(7-28-12)29-15(27)10-2-4-11(5-3-10)18(19,20)21/h2-7H,8H2,1H3,(H,22,23,25). The summed E-state index contributed by atoms with van der Waals surface area (Å²) < 4.78 is 48.5. The summed E-state index contributed by atoms with van der Waals surface area (Å²) in [6, 6.07) is 4.51. The summed E-state index contributed by atoms with van der Waals surface area (Å²) in [7, 11) is 0. The predicted octanol–water partition coefficient (Wildman–Crippen LogP) is 3.98. The highest BCUT2D eigenvalue weighted by Gasteiger charge is 2.30. The average molecular weight is 471 g/mol. The van der Waals surface area contributed by atoms with Gasteiger partial charge >= 0.3 is 12.1 Å². The Labute approximate surface area is 180 Å². The lowest BCUT2D eigenvalue weighted by Crippen LogP contribution is -2.15. The van der Waals surface area contributed by atoms with Crippen molar-refractivity contribution in [2.75, 3.05) is 5.32 Å². The van der Waals surface area contributed by atoms with E-state index in [1.165, 1.54) is 18.7 Å². The number of anilines is 1. The molecule has 1 aromatic carbocycles. The van der Waals surface area contributed by atoms with Crippen molar-refractivity contribution in [3.63, 3.8) is 0 Å². The van der Waals surface area contributed by atoms with Gasteiger partial charge in [0.2, 0.25) is 22.2 Å². The van der Waals surface area contributed by atoms with Gasteiger partial charge in [-0.25, -0.2) is 4.79 Å². The first kappa shape index (κ1) is 22.5. The topological polar surface area (TPSA) is 111 Å². The van der Waals surface area contributed by atoms with Crippen LogP contribution in [0.2, 0.25) is 0 Å². The van der Waals surface area contributed by atoms with E-state index in [0.717, 1.165) is 47.9 Å². The third kappa shape index (κ3) is 6.15. The van der Waals surface area contributed by atoms with Crippen molar-refractivity contribution in [2.45, 2.75) is 23.2 Å². The molecule has 2 aromatic heterocycles. The number of carbonyl (C=O) groups is 2. The highest BCUT2D eigenvalue weighted by atomic mass is 32.2. The molecule has 0 saturated carbocycles. The van der Waals surface area contributed by atoms with Gasteiger partial charge in [0.25, 0.3) is 0 Å². The lowest BCUT2D eigenvalue weighted by Gasteiger charge is -2.07. The van der Waals surface area contributed by atoms with Crippen LogP contribution in [-0.4, -0.2) is 22.1 Å². The molecule has 8 nitrogen and oxygen atoms in total. The smallest absolute Gasteiger partial charge is 0.416 e. The van der Waals surface area contributed by atoms with Gasteiger partial charge in [0, 0.05) is 13.0 Å². The molecule has 31 heavy (non-hydrogen) atoms. The number of rotatable bonds is 6. The highest BCUT2D eigenvalue weighted by molar-refractivity contribution is 8.00. The van der Waals surface area contributed by atoms with Crippen LogP contribution in [-0.2, 0) is 16.7 Å². The third-order valence-electron chi connectivity index (χ3n) is 3.53. The Hall–Kier alpha value is -3.19. The zero-order valence-electron chi connectivity index (χ0n) is 15.6. The van der Waals surface area contributed by atoms with Crippen LogP contribution in [0.4, 0.5) is 18.3 Å². The van der Waals surface area contributed by atoms with Crippen LogP contribution < -0.4 is 15.5 Å². The summed E-state index contributed by atoms with van der Waals surface area (Å²) in [5.41, 5.74) is -1.71. The zero-order chi connectivity index (χ0) is 22.6. The van der Waals surface area contributed by atoms with Crippen molar-refractivity contribution in [2.24, 2.45) is 0 Å². The molecule has 0 bridgehead atoms. The summed E-state index contributed by atoms with van der Waals surface area (Å²) in [5.74, 6) is -1.19. The second kappa shape index (κ2) is 9.31. The van der Waals surface area contributed by atoms with Gasteiger partial charge in [-0.2, -0.15) is 13.2 Å². The highest BCUT2D eigenvalue weighted by Crippen LogP contribution is 2.30. The van der Waals surface area contributed by atoms with E-state index in [4.69, 9.17) is 9.15 Å². The number of nitrogens with zero attached hydrogens (tertiary/aromatic N) is 2. The predicted molar refractivity (Wildman–Crippen MR) is 105 cm³/mol. The molecule has 0 aliphatic heterocycles. The molecule has 0 atom stereocenters. The Morgan fingerprint density at radius 2 is 1.94 bits per heavy atom. The molecule has 0 aliphatic carbocycles. The maximum absolute atomic E-state index is 12.6. The molecule has 0 radical (unpaired) electrons. The van der Waals surface area contributed by atoms with Crippen LogP contribution in [0.1, 0.15) is 28.6 Å². The first-order chi connectivity index (χ1) is 14.6. The second-order valence-electron chi connectivity index (χ2n) is 5.88. The first-order valence-electron chi connectivity index (χ1n) is 8.37. The first-order valence-corrected chi connectivity index (χ1v) is 10.2. The molecule has 0 spiro atoms. The maximum Gasteiger partial charge on any atom is 0.416 e. The molecule has 0 aliphatic rings. The van der Waals surface area contributed by atoms with Gasteiger partial charge in [-0.1, -0.05) is 23.1 Å². The van der Waals surface area contributed by atoms with Crippen LogP contribution in [0.15, 0.2) is 50.1 Å². The maximum atomic E-state index is 12.6. The number of benzene rings is 1. The van der Waals surface area contributed by atoms with Crippen molar-refractivity contribution in [3.05, 3.63) is 63.7 Å². The van der Waals surface area contributed by atoms with E-state index in [1.807, 2.05) is 0 Å². The van der Waals surface area contributed by atoms with Gasteiger partial charge in [0.15, 0.2) is 4.34 Å². The van der Waals surface area contributed by atoms with Crippen molar-refractivity contribution in [1.82, 2.24) is 10.2 Å². The molecule has 0 saturated heterocycles. The Balaban J connectivity index is 1.61. The fraction of sp³-hybridized carbons (Fsp3) is 0.167. The van der Waals surface area contributed by atoms with Crippen molar-refractivity contribution >= 4 is 40.1 Å². The Morgan fingerprint density at radius 3 is 2.55 bits per heavy atom. The number of esters is 1. The Morgan fingerprint density at radius 1 is 1.23 bits per heavy atom. The van der Waals surface area contributed by atoms with Crippen LogP contribution in [0.5, 0.6) is 5.75 Å². The summed E-state index contributed by atoms with van der Waals surface area (Å²) in [4.78, 5) is 35.2. The van der Waals surface area contributed by atoms with Crippen LogP contribution in [0, 0.1) is 0 Å². The van der Waals surface area contributed by atoms with Gasteiger partial charge < -0.3 is 14.5 Å². The fourth-order valence-corrected chi connectivity index (χ4v) is 3.83. The molecule has 2 heterocycles. The minimum absolute atomic E-state index is 0.154. The van der Waals surface area contributed by atoms with E-state index in [0.29, 0.717) is 9.47 Å². The molecule has 1 N–H and O–H groups in total. The summed E-state index contributed by atoms with van der Waals surface area (Å²) in [5, 5.41) is 10.5. The number of ether oxygens (including phenoxy) is 1. The summed E-state index contributed by atoms with van der Waals surface area (Å²) >= 11 is 2.36. The number of alkyl halides is 3. The quantitative estimate of drug-likeness (QED) is 0.327. The van der Waals surface area contributed by atoms with E-state index >= 15 is 0 Å². The van der Waals surface area contributed by atoms with Crippen molar-refractivity contribution in [3.8, 4) is 5.75 Å². The van der Waals surface area contributed by atoms with Crippen molar-refractivity contribution in [1.29, 1.82) is 0 Å². The SMILES string of the molecule is CC(=O)Nc1nnc(SCc2cc(=O)c(OC(=O)c3ccc(C(F)(F)F)cc3)co2)s1. The van der Waals surface area contributed by atoms with E-state index in [2.05, 4.69) is 15.5 Å². The lowest BCUT2D eigenvalue weighted by molar-refractivity contribution is -0.137. The van der Waals surface area contributed by atoms with Crippen molar-refractivity contribution < 1.29 is 31.9 Å². The Kier molecular flexibility index (Phi) is 6.75. The average Bonchev–Trinajstić information content (AvgIpc) is 3.14. The van der Waals surface area contributed by atoms with Gasteiger partial charge in [-0.3, -0.25) is 9.59 Å². The summed E-state index contributed by atoms with van der Waals surface area (Å²) in [6.45, 7) is 1.34. The molecular formula is C18H12F3N3O5S2. The zero-order valence-corrected chi connectivity index (χ0v) is 17.2. The molecule has 0 fully saturated rings. The molecule has 1 amide bonds. The molecular weight excluding hydrogens is 459 g/mol.